The van der Waals surface area contributed by atoms with E-state index >= 15 is 0 Å². The molecule has 0 amide bonds. The predicted molar refractivity (Wildman–Crippen MR) is 77.5 cm³/mol. The summed E-state index contributed by atoms with van der Waals surface area (Å²) in [6, 6.07) is 8.58. The lowest BCUT2D eigenvalue weighted by Crippen LogP contribution is -1.86. The van der Waals surface area contributed by atoms with Crippen LogP contribution >= 0.6 is 12.8 Å². The molecule has 0 heterocycles. The molecule has 0 fully saturated rings. The third-order valence-electron chi connectivity index (χ3n) is 1.84. The Labute approximate surface area is 106 Å². The average molecular weight is 237 g/mol. The van der Waals surface area contributed by atoms with Crippen LogP contribution in [0.15, 0.2) is 28.7 Å². The summed E-state index contributed by atoms with van der Waals surface area (Å²) in [6.07, 6.45) is 3.76. The van der Waals surface area contributed by atoms with E-state index in [4.69, 9.17) is 0 Å². The van der Waals surface area contributed by atoms with Gasteiger partial charge in [0.25, 0.3) is 0 Å². The lowest BCUT2D eigenvalue weighted by atomic mass is 10.1. The highest BCUT2D eigenvalue weighted by molar-refractivity contribution is 7.78. The number of hydrogen-bond acceptors (Lipinski definition) is 2. The van der Waals surface area contributed by atoms with Crippen molar-refractivity contribution in [3.05, 3.63) is 35.4 Å². The van der Waals surface area contributed by atoms with E-state index in [1.54, 1.807) is 6.21 Å². The molecule has 16 heavy (non-hydrogen) atoms. The molecule has 0 aliphatic rings. The van der Waals surface area contributed by atoms with Gasteiger partial charge in [-0.3, -0.25) is 0 Å². The Morgan fingerprint density at radius 1 is 1.12 bits per heavy atom. The van der Waals surface area contributed by atoms with Crippen LogP contribution in [0.3, 0.4) is 0 Å². The Bertz CT molecular complexity index is 285. The van der Waals surface area contributed by atoms with Crippen molar-refractivity contribution in [2.45, 2.75) is 40.5 Å². The zero-order valence-corrected chi connectivity index (χ0v) is 11.7. The summed E-state index contributed by atoms with van der Waals surface area (Å²) >= 11 is 3.76. The number of aryl methyl sites for hydroxylation is 1. The second-order valence-electron chi connectivity index (χ2n) is 4.40. The molecular formula is C14H23NS. The van der Waals surface area contributed by atoms with Gasteiger partial charge in [-0.1, -0.05) is 52.0 Å². The largest absolute Gasteiger partial charge is 0.232 e. The molecule has 0 unspecified atom stereocenters. The number of rotatable bonds is 3. The van der Waals surface area contributed by atoms with E-state index in [1.807, 2.05) is 0 Å². The van der Waals surface area contributed by atoms with Crippen molar-refractivity contribution in [1.29, 1.82) is 0 Å². The van der Waals surface area contributed by atoms with Crippen LogP contribution in [0.2, 0.25) is 0 Å². The molecule has 0 radical (unpaired) electrons. The normalized spacial score (nSPS) is 10.4. The Morgan fingerprint density at radius 2 is 1.56 bits per heavy atom. The minimum absolute atomic E-state index is 0.833. The zero-order chi connectivity index (χ0) is 12.4. The van der Waals surface area contributed by atoms with Gasteiger partial charge in [-0.15, -0.1) is 0 Å². The van der Waals surface area contributed by atoms with E-state index in [0.29, 0.717) is 0 Å². The standard InChI is InChI=1S/C10H13NS.C4H10/c1-2-9-3-5-10(6-4-9)7-8-11-12;1-4(2)3/h3-6,8,12H,2,7H2,1H3;4H,1-3H3/b11-8-;. The van der Waals surface area contributed by atoms with Crippen molar-refractivity contribution in [2.75, 3.05) is 0 Å². The van der Waals surface area contributed by atoms with Crippen LogP contribution in [-0.4, -0.2) is 6.21 Å². The van der Waals surface area contributed by atoms with Crippen molar-refractivity contribution in [3.8, 4) is 0 Å². The first kappa shape index (κ1) is 15.2. The van der Waals surface area contributed by atoms with Gasteiger partial charge < -0.3 is 0 Å². The number of nitrogens with zero attached hydrogens (tertiary/aromatic N) is 1. The number of thiol groups is 1. The fraction of sp³-hybridized carbons (Fsp3) is 0.500. The summed E-state index contributed by atoms with van der Waals surface area (Å²) in [4.78, 5) is 0. The maximum absolute atomic E-state index is 3.76. The highest BCUT2D eigenvalue weighted by atomic mass is 32.1. The summed E-state index contributed by atoms with van der Waals surface area (Å²) in [6.45, 7) is 8.66. The predicted octanol–water partition coefficient (Wildman–Crippen LogP) is 4.37. The van der Waals surface area contributed by atoms with Gasteiger partial charge in [0, 0.05) is 12.6 Å². The minimum atomic E-state index is 0.833. The molecule has 0 spiro atoms. The number of hydrogen-bond donors (Lipinski definition) is 1. The average Bonchev–Trinajstić information content (AvgIpc) is 2.26. The van der Waals surface area contributed by atoms with Gasteiger partial charge in [0.2, 0.25) is 0 Å². The Kier molecular flexibility index (Phi) is 9.02. The minimum Gasteiger partial charge on any atom is -0.232 e. The lowest BCUT2D eigenvalue weighted by Gasteiger charge is -1.98. The monoisotopic (exact) mass is 237 g/mol. The molecule has 0 aliphatic carbocycles. The second-order valence-corrected chi connectivity index (χ2v) is 4.64. The van der Waals surface area contributed by atoms with Crippen molar-refractivity contribution in [1.82, 2.24) is 0 Å². The molecule has 0 saturated carbocycles. The van der Waals surface area contributed by atoms with Crippen molar-refractivity contribution >= 4 is 19.0 Å². The fourth-order valence-electron chi connectivity index (χ4n) is 1.06. The van der Waals surface area contributed by atoms with Gasteiger partial charge in [-0.2, -0.15) is 0 Å². The second kappa shape index (κ2) is 9.46. The smallest absolute Gasteiger partial charge is 0.0167 e. The molecule has 1 rings (SSSR count). The molecule has 2 heteroatoms. The van der Waals surface area contributed by atoms with E-state index in [2.05, 4.69) is 69.2 Å². The van der Waals surface area contributed by atoms with Crippen LogP contribution in [0.5, 0.6) is 0 Å². The van der Waals surface area contributed by atoms with Crippen LogP contribution in [0, 0.1) is 5.92 Å². The highest BCUT2D eigenvalue weighted by Crippen LogP contribution is 2.04. The third kappa shape index (κ3) is 8.54. The van der Waals surface area contributed by atoms with Crippen LogP contribution in [-0.2, 0) is 12.8 Å². The number of benzene rings is 1. The molecule has 0 atom stereocenters. The molecule has 0 N–H and O–H groups in total. The summed E-state index contributed by atoms with van der Waals surface area (Å²) in [5.41, 5.74) is 2.66. The lowest BCUT2D eigenvalue weighted by molar-refractivity contribution is 0.737. The highest BCUT2D eigenvalue weighted by Gasteiger charge is 1.90. The molecule has 0 aliphatic heterocycles. The topological polar surface area (TPSA) is 12.4 Å². The Hall–Kier alpha value is -0.760. The molecule has 1 aromatic rings. The third-order valence-corrected chi connectivity index (χ3v) is 2.00. The summed E-state index contributed by atoms with van der Waals surface area (Å²) in [5, 5.41) is 0. The Balaban J connectivity index is 0.000000487. The van der Waals surface area contributed by atoms with Crippen LogP contribution in [0.4, 0.5) is 0 Å². The van der Waals surface area contributed by atoms with Crippen molar-refractivity contribution in [3.63, 3.8) is 0 Å². The maximum atomic E-state index is 3.76. The summed E-state index contributed by atoms with van der Waals surface area (Å²) < 4.78 is 3.64. The van der Waals surface area contributed by atoms with Gasteiger partial charge in [0.1, 0.15) is 0 Å². The maximum Gasteiger partial charge on any atom is 0.0167 e. The van der Waals surface area contributed by atoms with E-state index < -0.39 is 0 Å². The van der Waals surface area contributed by atoms with Gasteiger partial charge >= 0.3 is 0 Å². The molecule has 1 aromatic carbocycles. The van der Waals surface area contributed by atoms with E-state index in [1.165, 1.54) is 11.1 Å². The molecule has 90 valence electrons. The van der Waals surface area contributed by atoms with Crippen LogP contribution in [0.25, 0.3) is 0 Å². The van der Waals surface area contributed by atoms with E-state index in [-0.39, 0.29) is 0 Å². The van der Waals surface area contributed by atoms with E-state index in [9.17, 15) is 0 Å². The Morgan fingerprint density at radius 3 is 1.94 bits per heavy atom. The zero-order valence-electron chi connectivity index (χ0n) is 10.8. The van der Waals surface area contributed by atoms with Crippen molar-refractivity contribution < 1.29 is 0 Å². The van der Waals surface area contributed by atoms with E-state index in [0.717, 1.165) is 18.8 Å². The first-order valence-corrected chi connectivity index (χ1v) is 6.23. The van der Waals surface area contributed by atoms with Gasteiger partial charge in [0.15, 0.2) is 0 Å². The first-order valence-electron chi connectivity index (χ1n) is 5.83. The van der Waals surface area contributed by atoms with Crippen molar-refractivity contribution in [2.24, 2.45) is 10.3 Å². The summed E-state index contributed by atoms with van der Waals surface area (Å²) in [7, 11) is 0. The SMILES string of the molecule is CC(C)C.CCc1ccc(C/C=N\S)cc1. The fourth-order valence-corrected chi connectivity index (χ4v) is 1.14. The molecule has 1 nitrogen and oxygen atoms in total. The molecule has 0 bridgehead atoms. The molecular weight excluding hydrogens is 214 g/mol. The molecule has 0 aromatic heterocycles. The van der Waals surface area contributed by atoms with Gasteiger partial charge in [0.05, 0.1) is 0 Å². The van der Waals surface area contributed by atoms with Crippen LogP contribution in [0.1, 0.15) is 38.8 Å². The summed E-state index contributed by atoms with van der Waals surface area (Å²) in [5.74, 6) is 0.833. The van der Waals surface area contributed by atoms with Gasteiger partial charge in [-0.05, 0) is 36.3 Å². The molecule has 0 saturated heterocycles. The van der Waals surface area contributed by atoms with Gasteiger partial charge in [-0.25, -0.2) is 4.40 Å². The van der Waals surface area contributed by atoms with Crippen LogP contribution < -0.4 is 0 Å². The quantitative estimate of drug-likeness (QED) is 0.592. The first-order chi connectivity index (χ1) is 7.60.